The van der Waals surface area contributed by atoms with Crippen molar-refractivity contribution < 1.29 is 35.9 Å². The Morgan fingerprint density at radius 3 is 2.44 bits per heavy atom. The Bertz CT molecular complexity index is 964. The molecule has 0 unspecified atom stereocenters. The number of nitrogens with one attached hydrogen (secondary N) is 1. The average Bonchev–Trinajstić information content (AvgIpc) is 2.93. The minimum Gasteiger partial charge on any atom is -0.483 e. The van der Waals surface area contributed by atoms with E-state index in [-0.39, 0.29) is 38.2 Å². The van der Waals surface area contributed by atoms with Crippen LogP contribution in [-0.4, -0.2) is 47.8 Å². The Kier molecular flexibility index (Phi) is 7.06. The van der Waals surface area contributed by atoms with Crippen LogP contribution in [0.4, 0.5) is 32.0 Å². The zero-order valence-corrected chi connectivity index (χ0v) is 17.2. The van der Waals surface area contributed by atoms with E-state index in [4.69, 9.17) is 11.6 Å². The number of pyridine rings is 1. The molecule has 0 spiro atoms. The van der Waals surface area contributed by atoms with E-state index < -0.39 is 24.9 Å². The number of anilines is 1. The minimum atomic E-state index is -4.93. The SMILES string of the molecule is O=C(N1CCc2ccc(Cl)c(NCc3ccc(OCC(F)(F)F)cn3)c2CC1)C(F)(F)F. The first-order valence-electron chi connectivity index (χ1n) is 9.49. The van der Waals surface area contributed by atoms with Gasteiger partial charge in [-0.25, -0.2) is 0 Å². The molecule has 0 saturated carbocycles. The van der Waals surface area contributed by atoms with Crippen molar-refractivity contribution >= 4 is 23.2 Å². The van der Waals surface area contributed by atoms with Crippen LogP contribution < -0.4 is 10.1 Å². The number of nitrogens with zero attached hydrogens (tertiary/aromatic N) is 2. The van der Waals surface area contributed by atoms with Crippen LogP contribution in [0, 0.1) is 0 Å². The molecule has 2 aromatic rings. The predicted octanol–water partition coefficient (Wildman–Crippen LogP) is 4.78. The number of aromatic nitrogens is 1. The summed E-state index contributed by atoms with van der Waals surface area (Å²) in [6.45, 7) is -1.43. The molecule has 3 rings (SSSR count). The molecule has 0 bridgehead atoms. The van der Waals surface area contributed by atoms with Gasteiger partial charge in [-0.1, -0.05) is 17.7 Å². The third-order valence-corrected chi connectivity index (χ3v) is 5.13. The maximum absolute atomic E-state index is 12.8. The summed E-state index contributed by atoms with van der Waals surface area (Å²) in [7, 11) is 0. The number of halogens is 7. The van der Waals surface area contributed by atoms with Crippen LogP contribution in [0.5, 0.6) is 5.75 Å². The van der Waals surface area contributed by atoms with Gasteiger partial charge in [0.15, 0.2) is 6.61 Å². The quantitative estimate of drug-likeness (QED) is 0.625. The molecule has 0 radical (unpaired) electrons. The highest BCUT2D eigenvalue weighted by atomic mass is 35.5. The summed E-state index contributed by atoms with van der Waals surface area (Å²) in [6.07, 6.45) is -7.81. The third-order valence-electron chi connectivity index (χ3n) is 4.82. The van der Waals surface area contributed by atoms with Gasteiger partial charge in [0.25, 0.3) is 0 Å². The molecule has 174 valence electrons. The molecule has 1 aromatic carbocycles. The van der Waals surface area contributed by atoms with E-state index in [2.05, 4.69) is 15.0 Å². The molecule has 1 N–H and O–H groups in total. The summed E-state index contributed by atoms with van der Waals surface area (Å²) < 4.78 is 79.6. The highest BCUT2D eigenvalue weighted by Gasteiger charge is 2.42. The Morgan fingerprint density at radius 1 is 1.09 bits per heavy atom. The van der Waals surface area contributed by atoms with Crippen LogP contribution >= 0.6 is 11.6 Å². The molecule has 1 amide bonds. The maximum Gasteiger partial charge on any atom is 0.471 e. The zero-order chi connectivity index (χ0) is 23.5. The van der Waals surface area contributed by atoms with Crippen LogP contribution in [0.2, 0.25) is 5.02 Å². The summed E-state index contributed by atoms with van der Waals surface area (Å²) in [5, 5.41) is 3.45. The van der Waals surface area contributed by atoms with E-state index in [1.807, 2.05) is 0 Å². The van der Waals surface area contributed by atoms with Gasteiger partial charge in [-0.3, -0.25) is 9.78 Å². The molecule has 0 saturated heterocycles. The molecular weight excluding hydrogens is 464 g/mol. The number of alkyl halides is 6. The van der Waals surface area contributed by atoms with Crippen molar-refractivity contribution in [2.24, 2.45) is 0 Å². The van der Waals surface area contributed by atoms with Gasteiger partial charge in [-0.2, -0.15) is 26.3 Å². The number of rotatable bonds is 5. The van der Waals surface area contributed by atoms with Crippen molar-refractivity contribution in [3.05, 3.63) is 52.3 Å². The number of benzene rings is 1. The summed E-state index contributed by atoms with van der Waals surface area (Å²) in [5.41, 5.74) is 2.49. The summed E-state index contributed by atoms with van der Waals surface area (Å²) in [6, 6.07) is 6.17. The summed E-state index contributed by atoms with van der Waals surface area (Å²) in [5.74, 6) is -1.91. The second-order valence-electron chi connectivity index (χ2n) is 7.09. The van der Waals surface area contributed by atoms with Crippen LogP contribution in [0.1, 0.15) is 16.8 Å². The van der Waals surface area contributed by atoms with E-state index in [9.17, 15) is 31.1 Å². The van der Waals surface area contributed by atoms with E-state index in [0.29, 0.717) is 22.0 Å². The van der Waals surface area contributed by atoms with Crippen molar-refractivity contribution in [3.8, 4) is 5.75 Å². The summed E-state index contributed by atoms with van der Waals surface area (Å²) in [4.78, 5) is 16.4. The fraction of sp³-hybridized carbons (Fsp3) is 0.400. The van der Waals surface area contributed by atoms with E-state index in [1.54, 1.807) is 12.1 Å². The fourth-order valence-electron chi connectivity index (χ4n) is 3.31. The number of carbonyl (C=O) groups excluding carboxylic acids is 1. The first-order valence-corrected chi connectivity index (χ1v) is 9.86. The highest BCUT2D eigenvalue weighted by Crippen LogP contribution is 2.32. The smallest absolute Gasteiger partial charge is 0.471 e. The number of hydrogen-bond donors (Lipinski definition) is 1. The molecule has 0 fully saturated rings. The maximum atomic E-state index is 12.8. The molecule has 5 nitrogen and oxygen atoms in total. The standard InChI is InChI=1S/C20H18ClF6N3O2/c21-16-4-1-12-5-7-30(18(31)20(25,26)27)8-6-15(12)17(16)29-9-13-2-3-14(10-28-13)32-11-19(22,23)24/h1-4,10,29H,5-9,11H2. The first kappa shape index (κ1) is 24.0. The van der Waals surface area contributed by atoms with E-state index >= 15 is 0 Å². The van der Waals surface area contributed by atoms with Gasteiger partial charge >= 0.3 is 18.3 Å². The van der Waals surface area contributed by atoms with Crippen LogP contribution in [0.25, 0.3) is 0 Å². The Hall–Kier alpha value is -2.69. The van der Waals surface area contributed by atoms with Crippen molar-refractivity contribution in [1.29, 1.82) is 0 Å². The molecule has 1 aromatic heterocycles. The topological polar surface area (TPSA) is 54.5 Å². The second kappa shape index (κ2) is 9.43. The lowest BCUT2D eigenvalue weighted by atomic mass is 10.0. The largest absolute Gasteiger partial charge is 0.483 e. The molecule has 0 atom stereocenters. The lowest BCUT2D eigenvalue weighted by Crippen LogP contribution is -2.42. The van der Waals surface area contributed by atoms with Gasteiger partial charge in [0.1, 0.15) is 5.75 Å². The number of fused-ring (bicyclic) bond motifs is 1. The Balaban J connectivity index is 1.68. The van der Waals surface area contributed by atoms with E-state index in [0.717, 1.165) is 16.7 Å². The lowest BCUT2D eigenvalue weighted by molar-refractivity contribution is -0.185. The van der Waals surface area contributed by atoms with Crippen LogP contribution in [0.15, 0.2) is 30.5 Å². The van der Waals surface area contributed by atoms with Gasteiger partial charge in [0.2, 0.25) is 0 Å². The van der Waals surface area contributed by atoms with Gasteiger partial charge in [-0.05, 0) is 42.2 Å². The molecule has 1 aliphatic heterocycles. The Labute approximate surface area is 184 Å². The fourth-order valence-corrected chi connectivity index (χ4v) is 3.56. The first-order chi connectivity index (χ1) is 14.9. The van der Waals surface area contributed by atoms with E-state index in [1.165, 1.54) is 12.1 Å². The predicted molar refractivity (Wildman–Crippen MR) is 105 cm³/mol. The van der Waals surface area contributed by atoms with Crippen LogP contribution in [-0.2, 0) is 24.2 Å². The number of amides is 1. The molecular formula is C20H18ClF6N3O2. The molecule has 0 aliphatic carbocycles. The van der Waals surface area contributed by atoms with Gasteiger partial charge in [0.05, 0.1) is 29.1 Å². The van der Waals surface area contributed by atoms with Crippen molar-refractivity contribution in [1.82, 2.24) is 9.88 Å². The average molecular weight is 482 g/mol. The number of hydrogen-bond acceptors (Lipinski definition) is 4. The Morgan fingerprint density at radius 2 is 1.81 bits per heavy atom. The monoisotopic (exact) mass is 481 g/mol. The zero-order valence-electron chi connectivity index (χ0n) is 16.5. The minimum absolute atomic E-state index is 0.0351. The van der Waals surface area contributed by atoms with Gasteiger partial charge in [-0.15, -0.1) is 0 Å². The van der Waals surface area contributed by atoms with Crippen molar-refractivity contribution in [2.75, 3.05) is 25.0 Å². The molecule has 1 aliphatic rings. The molecule has 12 heteroatoms. The van der Waals surface area contributed by atoms with Crippen molar-refractivity contribution in [2.45, 2.75) is 31.7 Å². The van der Waals surface area contributed by atoms with Gasteiger partial charge < -0.3 is 15.0 Å². The van der Waals surface area contributed by atoms with Gasteiger partial charge in [0, 0.05) is 13.1 Å². The third kappa shape index (κ3) is 6.18. The summed E-state index contributed by atoms with van der Waals surface area (Å²) >= 11 is 6.29. The number of ether oxygens (including phenoxy) is 1. The van der Waals surface area contributed by atoms with Crippen LogP contribution in [0.3, 0.4) is 0 Å². The lowest BCUT2D eigenvalue weighted by Gasteiger charge is -2.21. The highest BCUT2D eigenvalue weighted by molar-refractivity contribution is 6.33. The number of carbonyl (C=O) groups is 1. The second-order valence-corrected chi connectivity index (χ2v) is 7.50. The molecule has 32 heavy (non-hydrogen) atoms. The van der Waals surface area contributed by atoms with Crippen molar-refractivity contribution in [3.63, 3.8) is 0 Å². The molecule has 2 heterocycles. The normalized spacial score (nSPS) is 14.5.